The smallest absolute Gasteiger partial charge is 0.130 e. The van der Waals surface area contributed by atoms with Gasteiger partial charge >= 0.3 is 0 Å². The summed E-state index contributed by atoms with van der Waals surface area (Å²) >= 11 is 0. The van der Waals surface area contributed by atoms with Crippen LogP contribution in [-0.2, 0) is 5.41 Å². The highest BCUT2D eigenvalue weighted by molar-refractivity contribution is 5.53. The van der Waals surface area contributed by atoms with Crippen molar-refractivity contribution in [2.75, 3.05) is 11.5 Å². The van der Waals surface area contributed by atoms with Gasteiger partial charge in [0.2, 0.25) is 0 Å². The highest BCUT2D eigenvalue weighted by Gasteiger charge is 2.36. The van der Waals surface area contributed by atoms with E-state index < -0.39 is 0 Å². The van der Waals surface area contributed by atoms with Crippen molar-refractivity contribution in [1.82, 2.24) is 0 Å². The van der Waals surface area contributed by atoms with Gasteiger partial charge in [0.05, 0.1) is 0 Å². The van der Waals surface area contributed by atoms with Crippen molar-refractivity contribution in [2.45, 2.75) is 203 Å². The second kappa shape index (κ2) is 23.3. The SMILES string of the molecule is Nc1ccc(Oc2ccc(C3(c4ccc(Oc5ccc(N)cc5)c(C5CCCCC5)c4)CCCCCCCCCCCCCCCCCCC3)cc2C2CCCCC2)cc1. The first-order valence-electron chi connectivity index (χ1n) is 24.9. The molecule has 7 rings (SSSR count). The molecule has 4 aromatic carbocycles. The first kappa shape index (κ1) is 44.1. The molecule has 4 nitrogen and oxygen atoms in total. The molecular formula is C56H78N2O2. The zero-order chi connectivity index (χ0) is 41.2. The lowest BCUT2D eigenvalue weighted by molar-refractivity contribution is 0.381. The van der Waals surface area contributed by atoms with E-state index in [0.29, 0.717) is 11.8 Å². The van der Waals surface area contributed by atoms with Crippen molar-refractivity contribution in [3.05, 3.63) is 107 Å². The van der Waals surface area contributed by atoms with E-state index in [0.717, 1.165) is 34.4 Å². The number of nitrogen functional groups attached to an aromatic ring is 2. The molecule has 0 heterocycles. The monoisotopic (exact) mass is 811 g/mol. The Bertz CT molecular complexity index is 1700. The number of nitrogens with two attached hydrogens (primary N) is 2. The van der Waals surface area contributed by atoms with Gasteiger partial charge in [-0.25, -0.2) is 0 Å². The fourth-order valence-electron chi connectivity index (χ4n) is 11.0. The van der Waals surface area contributed by atoms with E-state index in [2.05, 4.69) is 36.4 Å². The van der Waals surface area contributed by atoms with Crippen molar-refractivity contribution in [1.29, 1.82) is 0 Å². The van der Waals surface area contributed by atoms with E-state index in [1.54, 1.807) is 0 Å². The van der Waals surface area contributed by atoms with Crippen molar-refractivity contribution in [3.63, 3.8) is 0 Å². The summed E-state index contributed by atoms with van der Waals surface area (Å²) in [6.45, 7) is 0. The van der Waals surface area contributed by atoms with Crippen LogP contribution in [0.3, 0.4) is 0 Å². The Kier molecular flexibility index (Phi) is 17.2. The number of rotatable bonds is 8. The fraction of sp³-hybridized carbons (Fsp3) is 0.571. The summed E-state index contributed by atoms with van der Waals surface area (Å²) < 4.78 is 13.6. The molecule has 324 valence electrons. The first-order valence-corrected chi connectivity index (χ1v) is 24.9. The molecule has 4 heteroatoms. The van der Waals surface area contributed by atoms with E-state index in [1.165, 1.54) is 208 Å². The van der Waals surface area contributed by atoms with Crippen molar-refractivity contribution in [2.24, 2.45) is 0 Å². The first-order chi connectivity index (χ1) is 29.6. The van der Waals surface area contributed by atoms with Crippen LogP contribution in [0.1, 0.15) is 220 Å². The summed E-state index contributed by atoms with van der Waals surface area (Å²) in [7, 11) is 0. The van der Waals surface area contributed by atoms with Crippen LogP contribution in [0.2, 0.25) is 0 Å². The molecule has 4 aromatic rings. The van der Waals surface area contributed by atoms with E-state index in [1.807, 2.05) is 48.5 Å². The lowest BCUT2D eigenvalue weighted by atomic mass is 9.66. The number of ether oxygens (including phenoxy) is 2. The van der Waals surface area contributed by atoms with Gasteiger partial charge < -0.3 is 20.9 Å². The molecule has 0 bridgehead atoms. The second-order valence-corrected chi connectivity index (χ2v) is 19.1. The van der Waals surface area contributed by atoms with Crippen LogP contribution in [-0.4, -0.2) is 0 Å². The molecular weight excluding hydrogens is 733 g/mol. The molecule has 0 aliphatic heterocycles. The second-order valence-electron chi connectivity index (χ2n) is 19.1. The van der Waals surface area contributed by atoms with Crippen LogP contribution < -0.4 is 20.9 Å². The van der Waals surface area contributed by atoms with E-state index in [9.17, 15) is 0 Å². The summed E-state index contributed by atoms with van der Waals surface area (Å²) in [5.74, 6) is 4.79. The fourth-order valence-corrected chi connectivity index (χ4v) is 11.0. The van der Waals surface area contributed by atoms with Gasteiger partial charge in [-0.3, -0.25) is 0 Å². The zero-order valence-electron chi connectivity index (χ0n) is 37.2. The van der Waals surface area contributed by atoms with Crippen LogP contribution in [0.15, 0.2) is 84.9 Å². The third-order valence-electron chi connectivity index (χ3n) is 14.6. The Hall–Kier alpha value is -3.92. The minimum Gasteiger partial charge on any atom is -0.457 e. The van der Waals surface area contributed by atoms with Gasteiger partial charge in [-0.15, -0.1) is 0 Å². The van der Waals surface area contributed by atoms with Gasteiger partial charge in [0.15, 0.2) is 0 Å². The average Bonchev–Trinajstić information content (AvgIpc) is 3.28. The predicted octanol–water partition coefficient (Wildman–Crippen LogP) is 17.2. The molecule has 0 atom stereocenters. The van der Waals surface area contributed by atoms with Crippen molar-refractivity contribution >= 4 is 11.4 Å². The van der Waals surface area contributed by atoms with Crippen LogP contribution in [0.5, 0.6) is 23.0 Å². The maximum absolute atomic E-state index is 6.79. The normalized spacial score (nSPS) is 20.2. The largest absolute Gasteiger partial charge is 0.457 e. The van der Waals surface area contributed by atoms with E-state index in [4.69, 9.17) is 20.9 Å². The molecule has 0 unspecified atom stereocenters. The topological polar surface area (TPSA) is 70.5 Å². The van der Waals surface area contributed by atoms with Crippen molar-refractivity contribution < 1.29 is 9.47 Å². The number of hydrogen-bond acceptors (Lipinski definition) is 4. The molecule has 0 saturated heterocycles. The maximum atomic E-state index is 6.79. The molecule has 4 N–H and O–H groups in total. The third kappa shape index (κ3) is 12.6. The van der Waals surface area contributed by atoms with Gasteiger partial charge in [-0.1, -0.05) is 172 Å². The lowest BCUT2D eigenvalue weighted by Crippen LogP contribution is -2.29. The third-order valence-corrected chi connectivity index (χ3v) is 14.6. The number of anilines is 2. The minimum atomic E-state index is -0.0902. The summed E-state index contributed by atoms with van der Waals surface area (Å²) in [6, 6.07) is 30.8. The lowest BCUT2D eigenvalue weighted by Gasteiger charge is -2.38. The quantitative estimate of drug-likeness (QED) is 0.174. The highest BCUT2D eigenvalue weighted by atomic mass is 16.5. The van der Waals surface area contributed by atoms with Gasteiger partial charge in [-0.2, -0.15) is 0 Å². The Morgan fingerprint density at radius 3 is 0.983 bits per heavy atom. The molecule has 0 radical (unpaired) electrons. The number of hydrogen-bond donors (Lipinski definition) is 2. The van der Waals surface area contributed by atoms with Crippen LogP contribution in [0, 0.1) is 0 Å². The van der Waals surface area contributed by atoms with E-state index in [-0.39, 0.29) is 5.41 Å². The summed E-state index contributed by atoms with van der Waals surface area (Å²) in [4.78, 5) is 0. The summed E-state index contributed by atoms with van der Waals surface area (Å²) in [6.07, 6.45) is 38.5. The number of benzene rings is 4. The Labute approximate surface area is 364 Å². The van der Waals surface area contributed by atoms with Crippen LogP contribution >= 0.6 is 0 Å². The molecule has 0 spiro atoms. The van der Waals surface area contributed by atoms with Gasteiger partial charge in [0.25, 0.3) is 0 Å². The van der Waals surface area contributed by atoms with Crippen LogP contribution in [0.25, 0.3) is 0 Å². The molecule has 3 aliphatic rings. The summed E-state index contributed by atoms with van der Waals surface area (Å²) in [5, 5.41) is 0. The predicted molar refractivity (Wildman–Crippen MR) is 255 cm³/mol. The van der Waals surface area contributed by atoms with Crippen LogP contribution in [0.4, 0.5) is 11.4 Å². The molecule has 3 aliphatic carbocycles. The standard InChI is InChI=1S/C56H78N2O2/c57-48-30-34-50(35-31-48)59-54-38-28-46(42-52(54)44-24-18-16-19-25-44)56(40-22-14-12-10-8-6-4-2-1-3-5-7-9-11-13-15-23-41-56)47-29-39-55(60-51-36-32-49(58)33-37-51)53(43-47)45-26-20-17-21-27-45/h28-39,42-45H,1-27,40-41,57-58H2. The van der Waals surface area contributed by atoms with Crippen molar-refractivity contribution in [3.8, 4) is 23.0 Å². The van der Waals surface area contributed by atoms with Gasteiger partial charge in [0.1, 0.15) is 23.0 Å². The van der Waals surface area contributed by atoms with E-state index >= 15 is 0 Å². The Morgan fingerprint density at radius 1 is 0.350 bits per heavy atom. The average molecular weight is 811 g/mol. The summed E-state index contributed by atoms with van der Waals surface area (Å²) in [5.41, 5.74) is 19.5. The Balaban J connectivity index is 1.30. The maximum Gasteiger partial charge on any atom is 0.130 e. The van der Waals surface area contributed by atoms with Gasteiger partial charge in [0, 0.05) is 16.8 Å². The molecule has 0 aromatic heterocycles. The molecule has 3 saturated carbocycles. The molecule has 0 amide bonds. The van der Waals surface area contributed by atoms with Gasteiger partial charge in [-0.05, 0) is 133 Å². The zero-order valence-corrected chi connectivity index (χ0v) is 37.2. The highest BCUT2D eigenvalue weighted by Crippen LogP contribution is 2.49. The molecule has 3 fully saturated rings. The molecule has 60 heavy (non-hydrogen) atoms. The minimum absolute atomic E-state index is 0.0902. The Morgan fingerprint density at radius 2 is 0.650 bits per heavy atom.